The Morgan fingerprint density at radius 1 is 1.44 bits per heavy atom. The van der Waals surface area contributed by atoms with Gasteiger partial charge in [-0.15, -0.1) is 0 Å². The average molecular weight is 228 g/mol. The molecule has 2 atom stereocenters. The zero-order valence-electron chi connectivity index (χ0n) is 11.2. The molecule has 0 aromatic heterocycles. The average Bonchev–Trinajstić information content (AvgIpc) is 2.28. The summed E-state index contributed by atoms with van der Waals surface area (Å²) in [6.07, 6.45) is 6.77. The lowest BCUT2D eigenvalue weighted by Gasteiger charge is -2.33. The molecule has 1 aliphatic rings. The van der Waals surface area contributed by atoms with E-state index in [1.165, 1.54) is 32.2 Å². The number of rotatable bonds is 7. The molecule has 16 heavy (non-hydrogen) atoms. The number of ether oxygens (including phenoxy) is 1. The van der Waals surface area contributed by atoms with Crippen molar-refractivity contribution in [3.8, 4) is 0 Å². The van der Waals surface area contributed by atoms with Gasteiger partial charge >= 0.3 is 0 Å². The molecule has 1 heterocycles. The molecular weight excluding hydrogens is 200 g/mol. The summed E-state index contributed by atoms with van der Waals surface area (Å²) in [5.74, 6) is 0. The van der Waals surface area contributed by atoms with E-state index in [0.29, 0.717) is 12.1 Å². The Morgan fingerprint density at radius 2 is 2.25 bits per heavy atom. The van der Waals surface area contributed by atoms with Gasteiger partial charge in [-0.1, -0.05) is 19.8 Å². The minimum absolute atomic E-state index is 0.394. The quantitative estimate of drug-likeness (QED) is 0.720. The zero-order valence-corrected chi connectivity index (χ0v) is 11.2. The van der Waals surface area contributed by atoms with Crippen molar-refractivity contribution in [1.29, 1.82) is 0 Å². The van der Waals surface area contributed by atoms with Crippen LogP contribution in [0.4, 0.5) is 0 Å². The van der Waals surface area contributed by atoms with Crippen molar-refractivity contribution in [1.82, 2.24) is 10.2 Å². The second-order valence-electron chi connectivity index (χ2n) is 4.93. The number of piperidine rings is 1. The first-order valence-corrected chi connectivity index (χ1v) is 6.74. The highest BCUT2D eigenvalue weighted by Crippen LogP contribution is 2.16. The number of nitrogens with zero attached hydrogens (tertiary/aromatic N) is 1. The van der Waals surface area contributed by atoms with Crippen molar-refractivity contribution >= 4 is 0 Å². The second kappa shape index (κ2) is 8.04. The minimum atomic E-state index is 0.394. The summed E-state index contributed by atoms with van der Waals surface area (Å²) in [4.78, 5) is 2.45. The van der Waals surface area contributed by atoms with Crippen LogP contribution in [0.1, 0.15) is 39.0 Å². The molecule has 0 amide bonds. The molecule has 0 aromatic rings. The smallest absolute Gasteiger partial charge is 0.0700 e. The third kappa shape index (κ3) is 4.81. The summed E-state index contributed by atoms with van der Waals surface area (Å²) in [6, 6.07) is 0.643. The summed E-state index contributed by atoms with van der Waals surface area (Å²) in [7, 11) is 4.22. The fourth-order valence-electron chi connectivity index (χ4n) is 2.40. The van der Waals surface area contributed by atoms with Gasteiger partial charge in [0.25, 0.3) is 0 Å². The molecule has 1 fully saturated rings. The van der Waals surface area contributed by atoms with Crippen LogP contribution in [-0.4, -0.2) is 50.8 Å². The fourth-order valence-corrected chi connectivity index (χ4v) is 2.40. The standard InChI is InChI=1S/C13H28N2O/c1-4-7-13(10-14-2)16-11-12-8-5-6-9-15(12)3/h12-14H,4-11H2,1-3H3. The SMILES string of the molecule is CCCC(CNC)OCC1CCCCN1C. The maximum absolute atomic E-state index is 6.03. The van der Waals surface area contributed by atoms with Gasteiger partial charge in [0.2, 0.25) is 0 Å². The lowest BCUT2D eigenvalue weighted by Crippen LogP contribution is -2.41. The van der Waals surface area contributed by atoms with Crippen molar-refractivity contribution in [2.75, 3.05) is 33.8 Å². The van der Waals surface area contributed by atoms with Crippen LogP contribution in [-0.2, 0) is 4.74 Å². The molecule has 0 aromatic carbocycles. The van der Waals surface area contributed by atoms with E-state index in [-0.39, 0.29) is 0 Å². The van der Waals surface area contributed by atoms with Crippen molar-refractivity contribution in [3.63, 3.8) is 0 Å². The predicted octanol–water partition coefficient (Wildman–Crippen LogP) is 1.88. The van der Waals surface area contributed by atoms with E-state index in [1.54, 1.807) is 0 Å². The molecule has 1 aliphatic heterocycles. The van der Waals surface area contributed by atoms with Crippen molar-refractivity contribution in [2.24, 2.45) is 0 Å². The molecule has 3 nitrogen and oxygen atoms in total. The summed E-state index contributed by atoms with van der Waals surface area (Å²) >= 11 is 0. The first-order chi connectivity index (χ1) is 7.77. The number of hydrogen-bond acceptors (Lipinski definition) is 3. The first-order valence-electron chi connectivity index (χ1n) is 6.74. The van der Waals surface area contributed by atoms with E-state index < -0.39 is 0 Å². The highest BCUT2D eigenvalue weighted by atomic mass is 16.5. The van der Waals surface area contributed by atoms with Crippen LogP contribution in [0.3, 0.4) is 0 Å². The van der Waals surface area contributed by atoms with Crippen LogP contribution < -0.4 is 5.32 Å². The van der Waals surface area contributed by atoms with Gasteiger partial charge in [0.1, 0.15) is 0 Å². The van der Waals surface area contributed by atoms with Gasteiger partial charge < -0.3 is 15.0 Å². The van der Waals surface area contributed by atoms with Gasteiger partial charge in [-0.25, -0.2) is 0 Å². The monoisotopic (exact) mass is 228 g/mol. The van der Waals surface area contributed by atoms with E-state index in [1.807, 2.05) is 7.05 Å². The number of likely N-dealkylation sites (N-methyl/N-ethyl adjacent to an activating group) is 2. The molecule has 0 bridgehead atoms. The van der Waals surface area contributed by atoms with Crippen molar-refractivity contribution in [3.05, 3.63) is 0 Å². The molecule has 0 radical (unpaired) electrons. The lowest BCUT2D eigenvalue weighted by molar-refractivity contribution is 0.00113. The van der Waals surface area contributed by atoms with Gasteiger partial charge in [0.15, 0.2) is 0 Å². The van der Waals surface area contributed by atoms with Gasteiger partial charge in [0.05, 0.1) is 12.7 Å². The number of likely N-dealkylation sites (tertiary alicyclic amines) is 1. The Labute approximate surface area is 101 Å². The van der Waals surface area contributed by atoms with Crippen LogP contribution in [0.15, 0.2) is 0 Å². The zero-order chi connectivity index (χ0) is 11.8. The summed E-state index contributed by atoms with van der Waals surface area (Å²) < 4.78 is 6.03. The summed E-state index contributed by atoms with van der Waals surface area (Å²) in [5.41, 5.74) is 0. The van der Waals surface area contributed by atoms with Gasteiger partial charge in [-0.2, -0.15) is 0 Å². The Balaban J connectivity index is 2.23. The van der Waals surface area contributed by atoms with E-state index in [4.69, 9.17) is 4.74 Å². The first kappa shape index (κ1) is 13.9. The van der Waals surface area contributed by atoms with Gasteiger partial charge in [-0.05, 0) is 39.9 Å². The van der Waals surface area contributed by atoms with E-state index in [9.17, 15) is 0 Å². The van der Waals surface area contributed by atoms with E-state index in [2.05, 4.69) is 24.2 Å². The minimum Gasteiger partial charge on any atom is -0.375 e. The van der Waals surface area contributed by atoms with Crippen molar-refractivity contribution in [2.45, 2.75) is 51.2 Å². The molecule has 96 valence electrons. The third-order valence-corrected chi connectivity index (χ3v) is 3.49. The van der Waals surface area contributed by atoms with E-state index in [0.717, 1.165) is 19.6 Å². The van der Waals surface area contributed by atoms with Crippen LogP contribution in [0.5, 0.6) is 0 Å². The second-order valence-corrected chi connectivity index (χ2v) is 4.93. The Hall–Kier alpha value is -0.120. The highest BCUT2D eigenvalue weighted by molar-refractivity contribution is 4.74. The molecule has 3 heteroatoms. The van der Waals surface area contributed by atoms with Crippen molar-refractivity contribution < 1.29 is 4.74 Å². The fraction of sp³-hybridized carbons (Fsp3) is 1.00. The van der Waals surface area contributed by atoms with Gasteiger partial charge in [0, 0.05) is 12.6 Å². The molecule has 0 saturated carbocycles. The van der Waals surface area contributed by atoms with Crippen LogP contribution in [0.2, 0.25) is 0 Å². The maximum atomic E-state index is 6.03. The Kier molecular flexibility index (Phi) is 7.01. The van der Waals surface area contributed by atoms with Crippen LogP contribution in [0, 0.1) is 0 Å². The van der Waals surface area contributed by atoms with Gasteiger partial charge in [-0.3, -0.25) is 0 Å². The summed E-state index contributed by atoms with van der Waals surface area (Å²) in [5, 5.41) is 3.21. The maximum Gasteiger partial charge on any atom is 0.0700 e. The topological polar surface area (TPSA) is 24.5 Å². The predicted molar refractivity (Wildman–Crippen MR) is 68.8 cm³/mol. The normalized spacial score (nSPS) is 24.6. The van der Waals surface area contributed by atoms with E-state index >= 15 is 0 Å². The molecular formula is C13H28N2O. The van der Waals surface area contributed by atoms with Crippen LogP contribution >= 0.6 is 0 Å². The Bertz CT molecular complexity index is 169. The summed E-state index contributed by atoms with van der Waals surface area (Å²) in [6.45, 7) is 5.34. The molecule has 0 aliphatic carbocycles. The van der Waals surface area contributed by atoms with Crippen LogP contribution in [0.25, 0.3) is 0 Å². The lowest BCUT2D eigenvalue weighted by atomic mass is 10.0. The Morgan fingerprint density at radius 3 is 2.88 bits per heavy atom. The molecule has 0 spiro atoms. The highest BCUT2D eigenvalue weighted by Gasteiger charge is 2.20. The molecule has 1 rings (SSSR count). The largest absolute Gasteiger partial charge is 0.375 e. The third-order valence-electron chi connectivity index (χ3n) is 3.49. The molecule has 1 saturated heterocycles. The number of hydrogen-bond donors (Lipinski definition) is 1. The number of nitrogens with one attached hydrogen (secondary N) is 1. The molecule has 1 N–H and O–H groups in total. The molecule has 2 unspecified atom stereocenters.